The molecule has 142 heavy (non-hydrogen) atoms. The molecule has 0 atom stereocenters. The highest BCUT2D eigenvalue weighted by molar-refractivity contribution is 7.73. The van der Waals surface area contributed by atoms with E-state index in [1.165, 1.54) is 32.1 Å². The molecule has 0 bridgehead atoms. The maximum absolute atomic E-state index is 12.0. The van der Waals surface area contributed by atoms with Crippen LogP contribution >= 0.6 is 97.7 Å². The fourth-order valence-electron chi connectivity index (χ4n) is 16.6. The van der Waals surface area contributed by atoms with E-state index < -0.39 is 0 Å². The van der Waals surface area contributed by atoms with Crippen molar-refractivity contribution in [3.05, 3.63) is 140 Å². The minimum absolute atomic E-state index is 0.00242. The first-order valence-electron chi connectivity index (χ1n) is 52.2. The lowest BCUT2D eigenvalue weighted by molar-refractivity contribution is 0.361. The zero-order valence-electron chi connectivity index (χ0n) is 96.6. The van der Waals surface area contributed by atoms with Gasteiger partial charge in [-0.25, -0.2) is 0 Å². The van der Waals surface area contributed by atoms with E-state index in [1.807, 2.05) is 104 Å². The summed E-state index contributed by atoms with van der Waals surface area (Å²) in [4.78, 5) is 114. The zero-order chi connectivity index (χ0) is 110. The summed E-state index contributed by atoms with van der Waals surface area (Å²) in [5.74, 6) is 0. The lowest BCUT2D eigenvalue weighted by Gasteiger charge is -2.31. The number of hydrogen-bond acceptors (Lipinski definition) is 28. The van der Waals surface area contributed by atoms with Gasteiger partial charge in [0, 0.05) is 171 Å². The average Bonchev–Trinajstić information content (AvgIpc) is 0.758. The minimum Gasteiger partial charge on any atom is -0.382 e. The fraction of sp³-hybridized carbons (Fsp3) is 0.719. The maximum atomic E-state index is 12.0. The topological polar surface area (TPSA) is 193 Å². The summed E-state index contributed by atoms with van der Waals surface area (Å²) in [6.45, 7) is 80.6. The van der Waals surface area contributed by atoms with Crippen molar-refractivity contribution >= 4 is 166 Å². The van der Waals surface area contributed by atoms with E-state index in [2.05, 4.69) is 248 Å². The smallest absolute Gasteiger partial charge is 0.224 e. The van der Waals surface area contributed by atoms with Crippen LogP contribution in [0.2, 0.25) is 0 Å². The predicted molar refractivity (Wildman–Crippen MR) is 647 cm³/mol. The van der Waals surface area contributed by atoms with Crippen LogP contribution in [0.1, 0.15) is 347 Å². The molecule has 0 unspecified atom stereocenters. The van der Waals surface area contributed by atoms with Crippen LogP contribution in [0, 0.1) is 79.4 Å². The van der Waals surface area contributed by atoms with Crippen LogP contribution < -0.4 is 103 Å². The third kappa shape index (κ3) is 42.3. The normalized spacial score (nSPS) is 12.0. The van der Waals surface area contributed by atoms with Gasteiger partial charge in [-0.2, -0.15) is 0 Å². The largest absolute Gasteiger partial charge is 0.382 e. The Morgan fingerprint density at radius 3 is 0.768 bits per heavy atom. The van der Waals surface area contributed by atoms with Crippen LogP contribution in [-0.2, 0) is 25.7 Å². The van der Waals surface area contributed by atoms with Crippen molar-refractivity contribution in [1.29, 1.82) is 0 Å². The summed E-state index contributed by atoms with van der Waals surface area (Å²) in [5.41, 5.74) is 17.6. The van der Waals surface area contributed by atoms with Gasteiger partial charge in [-0.1, -0.05) is 277 Å². The van der Waals surface area contributed by atoms with Crippen LogP contribution in [-0.4, -0.2) is 149 Å². The number of anilines is 12. The van der Waals surface area contributed by atoms with Crippen molar-refractivity contribution in [3.63, 3.8) is 0 Å². The molecule has 0 aliphatic heterocycles. The van der Waals surface area contributed by atoms with Crippen molar-refractivity contribution in [2.24, 2.45) is 43.3 Å². The molecular formula is C114H192N12O8S8. The number of nitrogens with one attached hydrogen (secondary N) is 2. The number of unbranched alkanes of at least 4 members (excludes halogenated alkanes) is 2. The van der Waals surface area contributed by atoms with Crippen molar-refractivity contribution in [3.8, 4) is 0 Å². The van der Waals surface area contributed by atoms with Crippen molar-refractivity contribution in [1.82, 2.24) is 0 Å². The Balaban J connectivity index is 0.000000813. The molecule has 0 aliphatic rings. The lowest BCUT2D eigenvalue weighted by atomic mass is 9.88. The highest BCUT2D eigenvalue weighted by atomic mass is 32.1. The molecule has 0 aromatic heterocycles. The molecule has 0 aliphatic carbocycles. The van der Waals surface area contributed by atoms with Gasteiger partial charge in [0.05, 0.1) is 63.5 Å². The van der Waals surface area contributed by atoms with Crippen LogP contribution in [0.4, 0.5) is 68.2 Å². The molecular weight excluding hydrogens is 1920 g/mol. The number of rotatable bonds is 44. The molecule has 8 rings (SSSR count). The number of nitrogens with zero attached hydrogens (tertiary/aromatic N) is 10. The van der Waals surface area contributed by atoms with Gasteiger partial charge in [-0.05, 0) is 214 Å². The Morgan fingerprint density at radius 2 is 0.437 bits per heavy atom. The van der Waals surface area contributed by atoms with E-state index in [0.717, 1.165) is 260 Å². The Morgan fingerprint density at radius 1 is 0.204 bits per heavy atom. The molecule has 0 fully saturated rings. The second-order valence-corrected chi connectivity index (χ2v) is 51.9. The first kappa shape index (κ1) is 134. The summed E-state index contributed by atoms with van der Waals surface area (Å²) in [7, 11) is 19.6. The van der Waals surface area contributed by atoms with Crippen LogP contribution in [0.15, 0.2) is 38.4 Å². The monoisotopic (exact) mass is 2110 g/mol. The summed E-state index contributed by atoms with van der Waals surface area (Å²) < 4.78 is 4.19. The summed E-state index contributed by atoms with van der Waals surface area (Å²) >= 11 is 41.2. The molecule has 28 heteroatoms. The quantitative estimate of drug-likeness (QED) is 0.0270. The SMILES string of the molecule is CCN(C)c1c(CCCC(C)(C)C)c(=S)c1=O.CCN(C)c1c(N(C)CCCCC(C)(C)C)c(=S)c1=O.CCN(CC)c1c(CCCC(C)(C)C)c(=S)c1=O.CCN(CC)c1c(N(C)CCCCC(C)(C)C)c(=S)c1=O.CCNc1c(CCCC(C)(C)C)c(=S)c1=O.CCNc1c(N(C)CCC(C)(C)C)c(=S)c1=O.CN(C)c1c(CCCC(C)(C)C)c(=S)c1=O.CN(C)c1c(N(C)CCC(C)(C)C)c(=S)c1=O. The van der Waals surface area contributed by atoms with E-state index in [9.17, 15) is 38.4 Å². The minimum atomic E-state index is -0.0144. The molecule has 0 heterocycles. The van der Waals surface area contributed by atoms with Gasteiger partial charge in [0.2, 0.25) is 43.4 Å². The molecule has 0 saturated carbocycles. The Hall–Kier alpha value is -6.40. The summed E-state index contributed by atoms with van der Waals surface area (Å²) in [6, 6.07) is 0. The van der Waals surface area contributed by atoms with Gasteiger partial charge < -0.3 is 59.6 Å². The third-order valence-electron chi connectivity index (χ3n) is 25.6. The van der Waals surface area contributed by atoms with Crippen LogP contribution in [0.5, 0.6) is 0 Å². The molecule has 8 aromatic carbocycles. The second-order valence-electron chi connectivity index (χ2n) is 48.6. The fourth-order valence-corrected chi connectivity index (χ4v) is 19.2. The van der Waals surface area contributed by atoms with Gasteiger partial charge >= 0.3 is 0 Å². The van der Waals surface area contributed by atoms with Crippen molar-refractivity contribution < 1.29 is 0 Å². The first-order valence-corrected chi connectivity index (χ1v) is 55.5. The lowest BCUT2D eigenvalue weighted by Crippen LogP contribution is -2.35. The first-order chi connectivity index (χ1) is 65.0. The van der Waals surface area contributed by atoms with E-state index >= 15 is 0 Å². The van der Waals surface area contributed by atoms with Gasteiger partial charge in [0.25, 0.3) is 0 Å². The Bertz CT molecular complexity index is 5840. The zero-order valence-corrected chi connectivity index (χ0v) is 103. The highest BCUT2D eigenvalue weighted by Crippen LogP contribution is 2.38. The summed E-state index contributed by atoms with van der Waals surface area (Å²) in [5, 5.41) is 6.19. The standard InChI is InChI=1S/C17H30N2OS.C16H28N2OS.C15H25NOS.C14H23NOS.2C13H22N2OS.2C13H21NOS/c1-7-19(8-2)13-14(16(21)15(13)20)18(6)12-10-9-11-17(3,4)5;1-7-17(5)12-13(15(20)14(12)19)18(6)11-9-8-10-16(2,3)4;1-6-16(7-2)12-11(14(18)13(12)17)9-8-10-15(3,4)5;1-6-15(5)11-10(13(17)12(11)16)8-7-9-14(2,3)4;1-13(2,3)7-8-15(6)10-9(14(4)5)11(16)12(10)17;1-6-14-9-10(12(17)11(9)16)15(5)8-7-13(2,3)4;1-13(2,3)8-6-7-9-10(14(4)5)11(15)12(9)16;1-5-14-10-9(12(16)11(10)15)7-6-8-13(2,3)4/h7-12H2,1-6H3;7-11H2,1-6H3;6-10H2,1-5H3;6-9H2,1-5H3;7-8H2,1-6H3;14H,6-8H2,1-5H3;6-8H2,1-5H3;14H,5-8H2,1-4H3. The Labute approximate surface area is 900 Å². The molecule has 2 N–H and O–H groups in total. The molecule has 0 radical (unpaired) electrons. The molecule has 20 nitrogen and oxygen atoms in total. The van der Waals surface area contributed by atoms with Gasteiger partial charge in [0.15, 0.2) is 0 Å². The van der Waals surface area contributed by atoms with Crippen LogP contribution in [0.3, 0.4) is 0 Å². The van der Waals surface area contributed by atoms with E-state index in [1.54, 1.807) is 0 Å². The highest BCUT2D eigenvalue weighted by Gasteiger charge is 2.31. The molecule has 804 valence electrons. The van der Waals surface area contributed by atoms with Gasteiger partial charge in [-0.3, -0.25) is 38.4 Å². The molecule has 0 amide bonds. The van der Waals surface area contributed by atoms with E-state index in [4.69, 9.17) is 97.7 Å². The van der Waals surface area contributed by atoms with Crippen molar-refractivity contribution in [2.45, 2.75) is 350 Å². The van der Waals surface area contributed by atoms with E-state index in [-0.39, 0.29) is 43.4 Å². The second kappa shape index (κ2) is 59.1. The maximum Gasteiger partial charge on any atom is 0.224 e. The summed E-state index contributed by atoms with van der Waals surface area (Å²) in [6.07, 6.45) is 22.1. The van der Waals surface area contributed by atoms with Crippen molar-refractivity contribution in [2.75, 3.05) is 209 Å². The van der Waals surface area contributed by atoms with Crippen LogP contribution in [0.25, 0.3) is 0 Å². The van der Waals surface area contributed by atoms with E-state index in [0.29, 0.717) is 85.1 Å². The number of hydrogen-bond donors (Lipinski definition) is 2. The third-order valence-corrected chi connectivity index (χ3v) is 28.8. The molecule has 8 aromatic rings. The predicted octanol–water partition coefficient (Wildman–Crippen LogP) is 27.3. The Kier molecular flexibility index (Phi) is 55.6. The average molecular weight is 2120 g/mol. The molecule has 0 saturated heterocycles. The van der Waals surface area contributed by atoms with Gasteiger partial charge in [-0.15, -0.1) is 0 Å². The van der Waals surface area contributed by atoms with Gasteiger partial charge in [0.1, 0.15) is 40.8 Å². The molecule has 0 spiro atoms.